The summed E-state index contributed by atoms with van der Waals surface area (Å²) in [4.78, 5) is 19.1. The first-order valence-electron chi connectivity index (χ1n) is 4.42. The summed E-state index contributed by atoms with van der Waals surface area (Å²) in [7, 11) is 1.38. The van der Waals surface area contributed by atoms with Crippen molar-refractivity contribution in [1.82, 2.24) is 15.3 Å². The van der Waals surface area contributed by atoms with Crippen LogP contribution in [0.1, 0.15) is 5.82 Å². The van der Waals surface area contributed by atoms with E-state index in [1.165, 1.54) is 7.11 Å². The summed E-state index contributed by atoms with van der Waals surface area (Å²) in [5.41, 5.74) is 0. The molecule has 0 bridgehead atoms. The molecule has 0 saturated heterocycles. The number of rotatable bonds is 5. The van der Waals surface area contributed by atoms with Crippen LogP contribution in [-0.2, 0) is 16.1 Å². The van der Waals surface area contributed by atoms with Crippen LogP contribution in [0.3, 0.4) is 0 Å². The highest BCUT2D eigenvalue weighted by atomic mass is 127. The second kappa shape index (κ2) is 6.67. The topological polar surface area (TPSA) is 64.1 Å². The summed E-state index contributed by atoms with van der Waals surface area (Å²) in [6.45, 7) is 1.10. The van der Waals surface area contributed by atoms with E-state index in [2.05, 4.69) is 20.0 Å². The van der Waals surface area contributed by atoms with Crippen molar-refractivity contribution in [3.63, 3.8) is 0 Å². The van der Waals surface area contributed by atoms with Gasteiger partial charge in [-0.15, -0.1) is 0 Å². The van der Waals surface area contributed by atoms with Gasteiger partial charge < -0.3 is 10.1 Å². The summed E-state index contributed by atoms with van der Waals surface area (Å²) >= 11 is 2.03. The first-order chi connectivity index (χ1) is 7.24. The van der Waals surface area contributed by atoms with Crippen LogP contribution in [0.25, 0.3) is 0 Å². The Morgan fingerprint density at radius 1 is 1.60 bits per heavy atom. The largest absolute Gasteiger partial charge is 0.468 e. The molecule has 5 nitrogen and oxygen atoms in total. The van der Waals surface area contributed by atoms with Crippen molar-refractivity contribution in [3.05, 3.63) is 24.3 Å². The van der Waals surface area contributed by atoms with Crippen molar-refractivity contribution in [2.75, 3.05) is 13.7 Å². The van der Waals surface area contributed by atoms with Gasteiger partial charge in [-0.3, -0.25) is 4.79 Å². The number of carbonyl (C=O) groups excluding carboxylic acids is 1. The van der Waals surface area contributed by atoms with Crippen molar-refractivity contribution in [2.45, 2.75) is 10.5 Å². The minimum absolute atomic E-state index is 0.184. The molecule has 82 valence electrons. The maximum atomic E-state index is 11.1. The molecule has 0 saturated carbocycles. The molecule has 1 aromatic rings. The predicted octanol–water partition coefficient (Wildman–Crippen LogP) is 0.543. The number of nitrogens with zero attached hydrogens (tertiary/aromatic N) is 2. The van der Waals surface area contributed by atoms with Crippen molar-refractivity contribution >= 4 is 28.6 Å². The summed E-state index contributed by atoms with van der Waals surface area (Å²) in [6, 6.07) is 1.76. The molecule has 6 heteroatoms. The van der Waals surface area contributed by atoms with Gasteiger partial charge in [-0.05, 0) is 6.07 Å². The zero-order valence-electron chi connectivity index (χ0n) is 8.31. The molecule has 1 unspecified atom stereocenters. The van der Waals surface area contributed by atoms with Crippen molar-refractivity contribution < 1.29 is 9.53 Å². The normalized spacial score (nSPS) is 12.1. The first-order valence-corrected chi connectivity index (χ1v) is 5.67. The van der Waals surface area contributed by atoms with E-state index in [9.17, 15) is 4.79 Å². The molecule has 1 rings (SSSR count). The predicted molar refractivity (Wildman–Crippen MR) is 63.6 cm³/mol. The number of halogens is 1. The molecule has 1 atom stereocenters. The lowest BCUT2D eigenvalue weighted by molar-refractivity contribution is -0.139. The smallest absolute Gasteiger partial charge is 0.319 e. The first kappa shape index (κ1) is 12.3. The fourth-order valence-corrected chi connectivity index (χ4v) is 1.51. The molecule has 0 aliphatic carbocycles. The lowest BCUT2D eigenvalue weighted by Gasteiger charge is -2.08. The van der Waals surface area contributed by atoms with Gasteiger partial charge >= 0.3 is 5.97 Å². The molecule has 1 N–H and O–H groups in total. The molecule has 0 aliphatic rings. The standard InChI is InChI=1S/C9H12IN3O2/c1-15-9(14)7(10)5-11-6-8-12-3-2-4-13-8/h2-4,7,11H,5-6H2,1H3. The van der Waals surface area contributed by atoms with Gasteiger partial charge in [0.1, 0.15) is 9.75 Å². The summed E-state index contributed by atoms with van der Waals surface area (Å²) in [5, 5.41) is 3.08. The molecular formula is C9H12IN3O2. The van der Waals surface area contributed by atoms with Gasteiger partial charge in [-0.2, -0.15) is 0 Å². The third-order valence-corrected chi connectivity index (χ3v) is 2.63. The van der Waals surface area contributed by atoms with Gasteiger partial charge in [0.05, 0.1) is 13.7 Å². The molecule has 0 aliphatic heterocycles. The zero-order chi connectivity index (χ0) is 11.1. The van der Waals surface area contributed by atoms with Crippen LogP contribution >= 0.6 is 22.6 Å². The summed E-state index contributed by atoms with van der Waals surface area (Å²) < 4.78 is 4.41. The number of methoxy groups -OCH3 is 1. The van der Waals surface area contributed by atoms with Crippen LogP contribution in [0.5, 0.6) is 0 Å². The van der Waals surface area contributed by atoms with E-state index in [4.69, 9.17) is 0 Å². The van der Waals surface area contributed by atoms with E-state index in [1.807, 2.05) is 22.6 Å². The summed E-state index contributed by atoms with van der Waals surface area (Å²) in [6.07, 6.45) is 3.37. The second-order valence-corrected chi connectivity index (χ2v) is 4.29. The highest BCUT2D eigenvalue weighted by Crippen LogP contribution is 2.01. The molecule has 1 heterocycles. The Morgan fingerprint density at radius 2 is 2.27 bits per heavy atom. The monoisotopic (exact) mass is 321 g/mol. The summed E-state index contributed by atoms with van der Waals surface area (Å²) in [5.74, 6) is 0.489. The number of esters is 1. The highest BCUT2D eigenvalue weighted by Gasteiger charge is 2.13. The number of nitrogens with one attached hydrogen (secondary N) is 1. The van der Waals surface area contributed by atoms with Crippen molar-refractivity contribution in [2.24, 2.45) is 0 Å². The lowest BCUT2D eigenvalue weighted by Crippen LogP contribution is -2.29. The van der Waals surface area contributed by atoms with Crippen LogP contribution in [-0.4, -0.2) is 33.5 Å². The number of hydrogen-bond donors (Lipinski definition) is 1. The Morgan fingerprint density at radius 3 is 2.87 bits per heavy atom. The van der Waals surface area contributed by atoms with Gasteiger partial charge in [0.25, 0.3) is 0 Å². The number of carbonyl (C=O) groups is 1. The van der Waals surface area contributed by atoms with E-state index in [0.717, 1.165) is 0 Å². The van der Waals surface area contributed by atoms with E-state index in [0.29, 0.717) is 18.9 Å². The molecule has 1 aromatic heterocycles. The van der Waals surface area contributed by atoms with Gasteiger partial charge in [-0.1, -0.05) is 22.6 Å². The lowest BCUT2D eigenvalue weighted by atomic mass is 10.4. The number of hydrogen-bond acceptors (Lipinski definition) is 5. The second-order valence-electron chi connectivity index (χ2n) is 2.79. The fourth-order valence-electron chi connectivity index (χ4n) is 0.943. The van der Waals surface area contributed by atoms with Crippen LogP contribution in [0.4, 0.5) is 0 Å². The molecule has 0 amide bonds. The van der Waals surface area contributed by atoms with Crippen LogP contribution in [0, 0.1) is 0 Å². The Kier molecular flexibility index (Phi) is 5.48. The third kappa shape index (κ3) is 4.52. The molecule has 0 spiro atoms. The number of alkyl halides is 1. The van der Waals surface area contributed by atoms with Crippen LogP contribution < -0.4 is 5.32 Å². The van der Waals surface area contributed by atoms with E-state index < -0.39 is 0 Å². The van der Waals surface area contributed by atoms with E-state index >= 15 is 0 Å². The third-order valence-electron chi connectivity index (χ3n) is 1.68. The number of ether oxygens (including phenoxy) is 1. The Balaban J connectivity index is 2.25. The zero-order valence-corrected chi connectivity index (χ0v) is 10.5. The van der Waals surface area contributed by atoms with Crippen molar-refractivity contribution in [3.8, 4) is 0 Å². The molecule has 0 aromatic carbocycles. The van der Waals surface area contributed by atoms with Gasteiger partial charge in [0.2, 0.25) is 0 Å². The van der Waals surface area contributed by atoms with E-state index in [1.54, 1.807) is 18.5 Å². The van der Waals surface area contributed by atoms with E-state index in [-0.39, 0.29) is 9.89 Å². The van der Waals surface area contributed by atoms with Gasteiger partial charge in [0.15, 0.2) is 0 Å². The minimum atomic E-state index is -0.225. The Hall–Kier alpha value is -0.760. The highest BCUT2D eigenvalue weighted by molar-refractivity contribution is 14.1. The maximum absolute atomic E-state index is 11.1. The quantitative estimate of drug-likeness (QED) is 0.487. The maximum Gasteiger partial charge on any atom is 0.319 e. The van der Waals surface area contributed by atoms with Crippen molar-refractivity contribution in [1.29, 1.82) is 0 Å². The molecule has 0 radical (unpaired) electrons. The van der Waals surface area contributed by atoms with Gasteiger partial charge in [-0.25, -0.2) is 9.97 Å². The molecule has 0 fully saturated rings. The average Bonchev–Trinajstić information content (AvgIpc) is 2.29. The van der Waals surface area contributed by atoms with Crippen LogP contribution in [0.15, 0.2) is 18.5 Å². The van der Waals surface area contributed by atoms with Crippen LogP contribution in [0.2, 0.25) is 0 Å². The molecule has 15 heavy (non-hydrogen) atoms. The average molecular weight is 321 g/mol. The fraction of sp³-hybridized carbons (Fsp3) is 0.444. The molecular weight excluding hydrogens is 309 g/mol. The minimum Gasteiger partial charge on any atom is -0.468 e. The Bertz CT molecular complexity index is 307. The SMILES string of the molecule is COC(=O)C(I)CNCc1ncccn1. The van der Waals surface area contributed by atoms with Gasteiger partial charge in [0, 0.05) is 18.9 Å². The number of aromatic nitrogens is 2. The Labute approximate surface area is 102 Å².